The zero-order valence-corrected chi connectivity index (χ0v) is 12.7. The molecule has 2 aliphatic rings. The van der Waals surface area contributed by atoms with Gasteiger partial charge in [-0.15, -0.1) is 0 Å². The molecule has 2 unspecified atom stereocenters. The summed E-state index contributed by atoms with van der Waals surface area (Å²) in [6.45, 7) is 2.20. The second-order valence-electron chi connectivity index (χ2n) is 5.94. The first-order chi connectivity index (χ1) is 9.27. The van der Waals surface area contributed by atoms with Crippen LogP contribution in [0, 0.1) is 11.8 Å². The minimum atomic E-state index is 0.533. The van der Waals surface area contributed by atoms with Crippen LogP contribution in [0.4, 0.5) is 0 Å². The van der Waals surface area contributed by atoms with E-state index in [9.17, 15) is 0 Å². The maximum atomic E-state index is 6.43. The van der Waals surface area contributed by atoms with Gasteiger partial charge in [-0.1, -0.05) is 55.0 Å². The molecule has 1 nitrogen and oxygen atoms in total. The van der Waals surface area contributed by atoms with Gasteiger partial charge in [0, 0.05) is 10.0 Å². The quantitative estimate of drug-likeness (QED) is 0.820. The molecule has 0 radical (unpaired) electrons. The van der Waals surface area contributed by atoms with Gasteiger partial charge < -0.3 is 5.32 Å². The van der Waals surface area contributed by atoms with Gasteiger partial charge in [0.2, 0.25) is 0 Å². The highest BCUT2D eigenvalue weighted by atomic mass is 35.5. The van der Waals surface area contributed by atoms with E-state index in [1.807, 2.05) is 18.2 Å². The molecule has 0 spiro atoms. The van der Waals surface area contributed by atoms with Crippen molar-refractivity contribution in [2.45, 2.75) is 38.0 Å². The van der Waals surface area contributed by atoms with Crippen molar-refractivity contribution in [3.8, 4) is 0 Å². The molecular weight excluding hydrogens is 277 g/mol. The molecule has 0 aromatic heterocycles. The summed E-state index contributed by atoms with van der Waals surface area (Å²) >= 11 is 12.9. The van der Waals surface area contributed by atoms with Crippen molar-refractivity contribution in [3.05, 3.63) is 33.8 Å². The zero-order valence-electron chi connectivity index (χ0n) is 11.2. The molecule has 1 heterocycles. The lowest BCUT2D eigenvalue weighted by Gasteiger charge is -2.37. The molecule has 3 heteroatoms. The summed E-state index contributed by atoms with van der Waals surface area (Å²) in [6, 6.07) is 5.91. The van der Waals surface area contributed by atoms with E-state index >= 15 is 0 Å². The number of hydrogen-bond donors (Lipinski definition) is 1. The molecule has 1 aromatic carbocycles. The maximum absolute atomic E-state index is 6.43. The third kappa shape index (κ3) is 2.79. The average Bonchev–Trinajstić information content (AvgIpc) is 2.93. The Kier molecular flexibility index (Phi) is 4.36. The van der Waals surface area contributed by atoms with Crippen LogP contribution in [0.5, 0.6) is 0 Å². The second kappa shape index (κ2) is 6.03. The molecule has 104 valence electrons. The monoisotopic (exact) mass is 297 g/mol. The molecular formula is C16H21Cl2N. The predicted molar refractivity (Wildman–Crippen MR) is 82.1 cm³/mol. The van der Waals surface area contributed by atoms with Crippen molar-refractivity contribution in [1.82, 2.24) is 5.32 Å². The number of piperidine rings is 1. The Morgan fingerprint density at radius 2 is 1.68 bits per heavy atom. The molecule has 1 saturated carbocycles. The van der Waals surface area contributed by atoms with Crippen LogP contribution in [0.15, 0.2) is 18.2 Å². The van der Waals surface area contributed by atoms with E-state index < -0.39 is 0 Å². The largest absolute Gasteiger partial charge is 0.316 e. The molecule has 1 saturated heterocycles. The molecule has 2 atom stereocenters. The lowest BCUT2D eigenvalue weighted by molar-refractivity contribution is 0.231. The van der Waals surface area contributed by atoms with Crippen molar-refractivity contribution in [2.24, 2.45) is 11.8 Å². The van der Waals surface area contributed by atoms with Crippen LogP contribution < -0.4 is 5.32 Å². The summed E-state index contributed by atoms with van der Waals surface area (Å²) in [7, 11) is 0. The van der Waals surface area contributed by atoms with Crippen molar-refractivity contribution in [3.63, 3.8) is 0 Å². The highest BCUT2D eigenvalue weighted by molar-refractivity contribution is 6.36. The van der Waals surface area contributed by atoms with Crippen LogP contribution in [0.2, 0.25) is 10.0 Å². The standard InChI is InChI=1S/C16H21Cl2N/c17-14-6-3-7-15(18)16(14)12-8-9-19-10-13(12)11-4-1-2-5-11/h3,6-7,11-13,19H,1-2,4-5,8-10H2. The molecule has 1 aromatic rings. The van der Waals surface area contributed by atoms with Gasteiger partial charge in [0.15, 0.2) is 0 Å². The van der Waals surface area contributed by atoms with Gasteiger partial charge in [-0.25, -0.2) is 0 Å². The van der Waals surface area contributed by atoms with Gasteiger partial charge in [-0.2, -0.15) is 0 Å². The molecule has 1 N–H and O–H groups in total. The molecule has 0 amide bonds. The Hall–Kier alpha value is -0.240. The Bertz CT molecular complexity index is 420. The third-order valence-corrected chi connectivity index (χ3v) is 5.56. The van der Waals surface area contributed by atoms with Crippen LogP contribution in [-0.2, 0) is 0 Å². The van der Waals surface area contributed by atoms with Crippen molar-refractivity contribution >= 4 is 23.2 Å². The van der Waals surface area contributed by atoms with E-state index in [2.05, 4.69) is 5.32 Å². The van der Waals surface area contributed by atoms with E-state index in [4.69, 9.17) is 23.2 Å². The smallest absolute Gasteiger partial charge is 0.0455 e. The average molecular weight is 298 g/mol. The van der Waals surface area contributed by atoms with Gasteiger partial charge in [0.05, 0.1) is 0 Å². The summed E-state index contributed by atoms with van der Waals surface area (Å²) in [5.41, 5.74) is 1.20. The van der Waals surface area contributed by atoms with Crippen LogP contribution in [0.3, 0.4) is 0 Å². The Labute approximate surface area is 125 Å². The molecule has 2 fully saturated rings. The normalized spacial score (nSPS) is 28.7. The van der Waals surface area contributed by atoms with E-state index in [-0.39, 0.29) is 0 Å². The van der Waals surface area contributed by atoms with Gasteiger partial charge in [-0.3, -0.25) is 0 Å². The predicted octanol–water partition coefficient (Wildman–Crippen LogP) is 4.88. The molecule has 0 bridgehead atoms. The first-order valence-electron chi connectivity index (χ1n) is 7.42. The fourth-order valence-corrected chi connectivity index (χ4v) is 4.66. The summed E-state index contributed by atoms with van der Waals surface area (Å²) in [5, 5.41) is 5.26. The van der Waals surface area contributed by atoms with E-state index in [1.165, 1.54) is 31.2 Å². The number of halogens is 2. The minimum absolute atomic E-state index is 0.533. The highest BCUT2D eigenvalue weighted by Crippen LogP contribution is 2.45. The molecule has 1 aliphatic carbocycles. The van der Waals surface area contributed by atoms with Crippen LogP contribution >= 0.6 is 23.2 Å². The Morgan fingerprint density at radius 3 is 2.37 bits per heavy atom. The number of hydrogen-bond acceptors (Lipinski definition) is 1. The van der Waals surface area contributed by atoms with Crippen LogP contribution in [-0.4, -0.2) is 13.1 Å². The van der Waals surface area contributed by atoms with E-state index in [0.29, 0.717) is 11.8 Å². The lowest BCUT2D eigenvalue weighted by atomic mass is 9.73. The Morgan fingerprint density at radius 1 is 1.00 bits per heavy atom. The third-order valence-electron chi connectivity index (χ3n) is 4.90. The first-order valence-corrected chi connectivity index (χ1v) is 8.17. The summed E-state index contributed by atoms with van der Waals surface area (Å²) < 4.78 is 0. The maximum Gasteiger partial charge on any atom is 0.0455 e. The van der Waals surface area contributed by atoms with Crippen molar-refractivity contribution in [1.29, 1.82) is 0 Å². The fourth-order valence-electron chi connectivity index (χ4n) is 3.99. The van der Waals surface area contributed by atoms with Crippen LogP contribution in [0.1, 0.15) is 43.6 Å². The van der Waals surface area contributed by atoms with Gasteiger partial charge in [0.1, 0.15) is 0 Å². The lowest BCUT2D eigenvalue weighted by Crippen LogP contribution is -2.39. The van der Waals surface area contributed by atoms with E-state index in [0.717, 1.165) is 35.5 Å². The first kappa shape index (κ1) is 13.7. The summed E-state index contributed by atoms with van der Waals surface area (Å²) in [4.78, 5) is 0. The number of nitrogens with one attached hydrogen (secondary N) is 1. The highest BCUT2D eigenvalue weighted by Gasteiger charge is 2.35. The topological polar surface area (TPSA) is 12.0 Å². The Balaban J connectivity index is 1.91. The fraction of sp³-hybridized carbons (Fsp3) is 0.625. The number of rotatable bonds is 2. The zero-order chi connectivity index (χ0) is 13.2. The van der Waals surface area contributed by atoms with E-state index in [1.54, 1.807) is 0 Å². The second-order valence-corrected chi connectivity index (χ2v) is 6.76. The van der Waals surface area contributed by atoms with Gasteiger partial charge >= 0.3 is 0 Å². The van der Waals surface area contributed by atoms with Crippen molar-refractivity contribution < 1.29 is 0 Å². The molecule has 1 aliphatic heterocycles. The molecule has 3 rings (SSSR count). The van der Waals surface area contributed by atoms with Gasteiger partial charge in [0.25, 0.3) is 0 Å². The van der Waals surface area contributed by atoms with Crippen LogP contribution in [0.25, 0.3) is 0 Å². The SMILES string of the molecule is Clc1cccc(Cl)c1C1CCNCC1C1CCCC1. The molecule has 19 heavy (non-hydrogen) atoms. The minimum Gasteiger partial charge on any atom is -0.316 e. The summed E-state index contributed by atoms with van der Waals surface area (Å²) in [6.07, 6.45) is 6.70. The van der Waals surface area contributed by atoms with Gasteiger partial charge in [-0.05, 0) is 55.0 Å². The number of benzene rings is 1. The van der Waals surface area contributed by atoms with Crippen molar-refractivity contribution in [2.75, 3.05) is 13.1 Å². The summed E-state index contributed by atoms with van der Waals surface area (Å²) in [5.74, 6) is 2.09.